The third-order valence-electron chi connectivity index (χ3n) is 6.72. The number of rotatable bonds is 6. The lowest BCUT2D eigenvalue weighted by molar-refractivity contribution is -0.123. The SMILES string of the molecule is CC(C)N(c1cc(-c2ccc(-c3nc4ncccc4o3)nc2)sc1C(=O)O)C(=O)[C@H]1CC[C@H](C)CC1. The van der Waals surface area contributed by atoms with E-state index in [1.165, 1.54) is 0 Å². The Kier molecular flexibility index (Phi) is 6.57. The van der Waals surface area contributed by atoms with Crippen LogP contribution in [0.1, 0.15) is 56.1 Å². The summed E-state index contributed by atoms with van der Waals surface area (Å²) in [6.07, 6.45) is 7.07. The minimum atomic E-state index is -1.04. The predicted octanol–water partition coefficient (Wildman–Crippen LogP) is 6.28. The molecule has 1 amide bonds. The van der Waals surface area contributed by atoms with Crippen molar-refractivity contribution in [2.75, 3.05) is 4.90 Å². The van der Waals surface area contributed by atoms with E-state index in [0.29, 0.717) is 34.4 Å². The first kappa shape index (κ1) is 24.1. The number of carboxylic acid groups (broad SMARTS) is 1. The number of oxazole rings is 1. The van der Waals surface area contributed by atoms with Gasteiger partial charge in [-0.3, -0.25) is 9.78 Å². The lowest BCUT2D eigenvalue weighted by Gasteiger charge is -2.33. The van der Waals surface area contributed by atoms with Crippen LogP contribution in [0.25, 0.3) is 33.3 Å². The van der Waals surface area contributed by atoms with Crippen LogP contribution in [0.5, 0.6) is 0 Å². The number of hydrogen-bond donors (Lipinski definition) is 1. The summed E-state index contributed by atoms with van der Waals surface area (Å²) in [5, 5.41) is 9.98. The minimum absolute atomic E-state index is 0.0155. The molecular formula is C27H28N4O4S. The first-order valence-electron chi connectivity index (χ1n) is 12.2. The van der Waals surface area contributed by atoms with Crippen molar-refractivity contribution in [2.45, 2.75) is 52.5 Å². The summed E-state index contributed by atoms with van der Waals surface area (Å²) in [4.78, 5) is 41.4. The Morgan fingerprint density at radius 2 is 1.92 bits per heavy atom. The van der Waals surface area contributed by atoms with E-state index in [-0.39, 0.29) is 22.7 Å². The number of hydrogen-bond acceptors (Lipinski definition) is 7. The fourth-order valence-electron chi connectivity index (χ4n) is 4.76. The normalized spacial score (nSPS) is 18.0. The van der Waals surface area contributed by atoms with Crippen LogP contribution >= 0.6 is 11.3 Å². The molecule has 5 rings (SSSR count). The molecule has 0 aliphatic heterocycles. The van der Waals surface area contributed by atoms with Crippen molar-refractivity contribution in [3.8, 4) is 22.0 Å². The van der Waals surface area contributed by atoms with Crippen LogP contribution in [0.3, 0.4) is 0 Å². The molecule has 8 nitrogen and oxygen atoms in total. The monoisotopic (exact) mass is 504 g/mol. The van der Waals surface area contributed by atoms with Gasteiger partial charge in [-0.25, -0.2) is 9.78 Å². The topological polar surface area (TPSA) is 109 Å². The molecule has 0 atom stereocenters. The van der Waals surface area contributed by atoms with Gasteiger partial charge < -0.3 is 14.4 Å². The van der Waals surface area contributed by atoms with E-state index in [1.807, 2.05) is 19.9 Å². The first-order valence-corrected chi connectivity index (χ1v) is 13.0. The highest BCUT2D eigenvalue weighted by atomic mass is 32.1. The van der Waals surface area contributed by atoms with Gasteiger partial charge in [0.15, 0.2) is 11.2 Å². The summed E-state index contributed by atoms with van der Waals surface area (Å²) in [6, 6.07) is 8.86. The van der Waals surface area contributed by atoms with E-state index in [9.17, 15) is 14.7 Å². The third kappa shape index (κ3) is 4.63. The van der Waals surface area contributed by atoms with Crippen molar-refractivity contribution in [1.29, 1.82) is 0 Å². The van der Waals surface area contributed by atoms with Gasteiger partial charge in [0.25, 0.3) is 0 Å². The molecule has 0 spiro atoms. The van der Waals surface area contributed by atoms with Crippen molar-refractivity contribution in [3.63, 3.8) is 0 Å². The molecule has 4 heterocycles. The predicted molar refractivity (Wildman–Crippen MR) is 139 cm³/mol. The maximum atomic E-state index is 13.5. The molecule has 0 aromatic carbocycles. The fourth-order valence-corrected chi connectivity index (χ4v) is 5.73. The Hall–Kier alpha value is -3.59. The molecule has 36 heavy (non-hydrogen) atoms. The molecule has 4 aromatic heterocycles. The van der Waals surface area contributed by atoms with Crippen LogP contribution in [0.15, 0.2) is 47.1 Å². The lowest BCUT2D eigenvalue weighted by atomic mass is 9.82. The number of carboxylic acids is 1. The molecule has 1 aliphatic rings. The Labute approximate surface area is 213 Å². The quantitative estimate of drug-likeness (QED) is 0.329. The zero-order chi connectivity index (χ0) is 25.4. The van der Waals surface area contributed by atoms with Crippen LogP contribution in [-0.4, -0.2) is 38.0 Å². The Morgan fingerprint density at radius 1 is 1.14 bits per heavy atom. The number of carbonyl (C=O) groups is 2. The van der Waals surface area contributed by atoms with Gasteiger partial charge in [-0.05, 0) is 75.8 Å². The molecule has 1 fully saturated rings. The second kappa shape index (κ2) is 9.81. The smallest absolute Gasteiger partial charge is 0.348 e. The Morgan fingerprint density at radius 3 is 2.56 bits per heavy atom. The van der Waals surface area contributed by atoms with Crippen molar-refractivity contribution >= 4 is 40.1 Å². The van der Waals surface area contributed by atoms with E-state index >= 15 is 0 Å². The second-order valence-corrected chi connectivity index (χ2v) is 10.7. The number of aromatic nitrogens is 3. The molecule has 0 saturated heterocycles. The summed E-state index contributed by atoms with van der Waals surface area (Å²) < 4.78 is 5.75. The highest BCUT2D eigenvalue weighted by Crippen LogP contribution is 2.40. The average molecular weight is 505 g/mol. The van der Waals surface area contributed by atoms with E-state index in [0.717, 1.165) is 47.5 Å². The molecule has 0 unspecified atom stereocenters. The maximum Gasteiger partial charge on any atom is 0.348 e. The number of carbonyl (C=O) groups excluding carboxylic acids is 1. The van der Waals surface area contributed by atoms with Crippen molar-refractivity contribution in [2.24, 2.45) is 11.8 Å². The number of aromatic carboxylic acids is 1. The first-order chi connectivity index (χ1) is 17.3. The number of anilines is 1. The highest BCUT2D eigenvalue weighted by Gasteiger charge is 2.33. The molecule has 1 saturated carbocycles. The maximum absolute atomic E-state index is 13.5. The second-order valence-electron chi connectivity index (χ2n) is 9.67. The largest absolute Gasteiger partial charge is 0.477 e. The van der Waals surface area contributed by atoms with Gasteiger partial charge in [0.05, 0.1) is 5.69 Å². The standard InChI is InChI=1S/C27H28N4O4S/c1-15(2)31(26(32)17-8-6-16(3)7-9-17)20-13-22(36-23(20)27(33)34)18-10-11-19(29-14-18)25-30-24-21(35-25)5-4-12-28-24/h4-5,10-17H,6-9H2,1-3H3,(H,33,34)/t16-,17-. The van der Waals surface area contributed by atoms with Crippen molar-refractivity contribution < 1.29 is 19.1 Å². The number of nitrogens with zero attached hydrogens (tertiary/aromatic N) is 4. The summed E-state index contributed by atoms with van der Waals surface area (Å²) in [7, 11) is 0. The van der Waals surface area contributed by atoms with Gasteiger partial charge >= 0.3 is 5.97 Å². The van der Waals surface area contributed by atoms with E-state index < -0.39 is 5.97 Å². The Balaban J connectivity index is 1.46. The summed E-state index contributed by atoms with van der Waals surface area (Å²) in [5.41, 5.74) is 2.86. The number of thiophene rings is 1. The molecular weight excluding hydrogens is 476 g/mol. The zero-order valence-electron chi connectivity index (χ0n) is 20.5. The van der Waals surface area contributed by atoms with E-state index in [2.05, 4.69) is 21.9 Å². The summed E-state index contributed by atoms with van der Waals surface area (Å²) in [5.74, 6) is -0.0974. The fraction of sp³-hybridized carbons (Fsp3) is 0.370. The molecule has 9 heteroatoms. The van der Waals surface area contributed by atoms with Crippen molar-refractivity contribution in [3.05, 3.63) is 47.6 Å². The van der Waals surface area contributed by atoms with Gasteiger partial charge in [-0.2, -0.15) is 4.98 Å². The van der Waals surface area contributed by atoms with Gasteiger partial charge in [-0.15, -0.1) is 11.3 Å². The summed E-state index contributed by atoms with van der Waals surface area (Å²) >= 11 is 1.15. The van der Waals surface area contributed by atoms with Gasteiger partial charge in [0.1, 0.15) is 10.6 Å². The lowest BCUT2D eigenvalue weighted by Crippen LogP contribution is -2.42. The van der Waals surface area contributed by atoms with Crippen LogP contribution in [0.2, 0.25) is 0 Å². The van der Waals surface area contributed by atoms with Gasteiger partial charge in [0, 0.05) is 34.8 Å². The summed E-state index contributed by atoms with van der Waals surface area (Å²) in [6.45, 7) is 6.07. The van der Waals surface area contributed by atoms with Gasteiger partial charge in [-0.1, -0.05) is 6.92 Å². The number of pyridine rings is 2. The zero-order valence-corrected chi connectivity index (χ0v) is 21.3. The van der Waals surface area contributed by atoms with Crippen LogP contribution in [0, 0.1) is 11.8 Å². The average Bonchev–Trinajstić information content (AvgIpc) is 3.49. The van der Waals surface area contributed by atoms with Crippen LogP contribution < -0.4 is 4.90 Å². The molecule has 0 bridgehead atoms. The molecule has 1 aliphatic carbocycles. The number of amides is 1. The molecule has 4 aromatic rings. The minimum Gasteiger partial charge on any atom is -0.477 e. The van der Waals surface area contributed by atoms with E-state index in [1.54, 1.807) is 41.6 Å². The molecule has 186 valence electrons. The van der Waals surface area contributed by atoms with Crippen LogP contribution in [-0.2, 0) is 4.79 Å². The Bertz CT molecular complexity index is 1370. The van der Waals surface area contributed by atoms with Crippen LogP contribution in [0.4, 0.5) is 5.69 Å². The highest BCUT2D eigenvalue weighted by molar-refractivity contribution is 7.18. The third-order valence-corrected chi connectivity index (χ3v) is 7.88. The molecule has 1 N–H and O–H groups in total. The molecule has 0 radical (unpaired) electrons. The van der Waals surface area contributed by atoms with Crippen molar-refractivity contribution in [1.82, 2.24) is 15.0 Å². The van der Waals surface area contributed by atoms with E-state index in [4.69, 9.17) is 4.42 Å². The van der Waals surface area contributed by atoms with Gasteiger partial charge in [0.2, 0.25) is 11.8 Å². The number of fused-ring (bicyclic) bond motifs is 1.